The second-order valence-electron chi connectivity index (χ2n) is 5.81. The van der Waals surface area contributed by atoms with Crippen LogP contribution in [0.3, 0.4) is 0 Å². The highest BCUT2D eigenvalue weighted by molar-refractivity contribution is 6.03. The SMILES string of the molecule is CC1(C(=O)O)C=CC=C(C(=O)O)C1.O=C(O)c1c[nH]c2ccccc12. The lowest BCUT2D eigenvalue weighted by atomic mass is 9.80. The van der Waals surface area contributed by atoms with Gasteiger partial charge in [0.25, 0.3) is 0 Å². The zero-order valence-corrected chi connectivity index (χ0v) is 13.4. The number of para-hydroxylation sites is 1. The van der Waals surface area contributed by atoms with Crippen molar-refractivity contribution < 1.29 is 29.7 Å². The first-order valence-corrected chi connectivity index (χ1v) is 7.39. The highest BCUT2D eigenvalue weighted by Crippen LogP contribution is 2.31. The fourth-order valence-corrected chi connectivity index (χ4v) is 2.43. The Bertz CT molecular complexity index is 892. The number of allylic oxidation sites excluding steroid dienone is 2. The number of carboxylic acid groups (broad SMARTS) is 3. The molecule has 7 heteroatoms. The molecule has 0 saturated carbocycles. The molecule has 0 saturated heterocycles. The molecule has 1 aromatic carbocycles. The van der Waals surface area contributed by atoms with Crippen molar-refractivity contribution in [3.8, 4) is 0 Å². The van der Waals surface area contributed by atoms with Crippen LogP contribution in [0.15, 0.2) is 54.3 Å². The Labute approximate surface area is 142 Å². The summed E-state index contributed by atoms with van der Waals surface area (Å²) in [5.41, 5.74) is 0.232. The number of aromatic nitrogens is 1. The van der Waals surface area contributed by atoms with Gasteiger partial charge in [0.2, 0.25) is 0 Å². The summed E-state index contributed by atoms with van der Waals surface area (Å²) in [4.78, 5) is 34.9. The van der Waals surface area contributed by atoms with E-state index < -0.39 is 23.3 Å². The number of aliphatic carboxylic acids is 2. The standard InChI is InChI=1S/C9H7NO2.C9H10O4/c11-9(12)7-5-10-8-4-2-1-3-6(7)8;1-9(8(12)13)4-2-3-6(5-9)7(10)11/h1-5,10H,(H,11,12);2-4H,5H2,1H3,(H,10,11)(H,12,13). The molecule has 1 aliphatic carbocycles. The molecule has 0 fully saturated rings. The fourth-order valence-electron chi connectivity index (χ4n) is 2.43. The van der Waals surface area contributed by atoms with Crippen molar-refractivity contribution in [2.75, 3.05) is 0 Å². The van der Waals surface area contributed by atoms with E-state index in [1.807, 2.05) is 18.2 Å². The van der Waals surface area contributed by atoms with Gasteiger partial charge in [-0.25, -0.2) is 9.59 Å². The molecule has 1 aliphatic rings. The molecule has 3 rings (SSSR count). The first kappa shape index (κ1) is 18.0. The maximum atomic E-state index is 10.8. The van der Waals surface area contributed by atoms with Crippen LogP contribution in [0.4, 0.5) is 0 Å². The van der Waals surface area contributed by atoms with Crippen molar-refractivity contribution >= 4 is 28.8 Å². The van der Waals surface area contributed by atoms with Crippen LogP contribution in [-0.2, 0) is 9.59 Å². The molecule has 0 amide bonds. The van der Waals surface area contributed by atoms with Gasteiger partial charge in [-0.2, -0.15) is 0 Å². The quantitative estimate of drug-likeness (QED) is 0.678. The summed E-state index contributed by atoms with van der Waals surface area (Å²) in [7, 11) is 0. The average Bonchev–Trinajstić information content (AvgIpc) is 2.99. The van der Waals surface area contributed by atoms with Crippen LogP contribution < -0.4 is 0 Å². The Morgan fingerprint density at radius 3 is 2.36 bits per heavy atom. The van der Waals surface area contributed by atoms with Crippen molar-refractivity contribution in [2.45, 2.75) is 13.3 Å². The molecule has 1 unspecified atom stereocenters. The van der Waals surface area contributed by atoms with E-state index in [9.17, 15) is 14.4 Å². The Balaban J connectivity index is 0.000000181. The van der Waals surface area contributed by atoms with Gasteiger partial charge < -0.3 is 20.3 Å². The lowest BCUT2D eigenvalue weighted by Gasteiger charge is -2.23. The summed E-state index contributed by atoms with van der Waals surface area (Å²) >= 11 is 0. The third-order valence-electron chi connectivity index (χ3n) is 3.90. The predicted octanol–water partition coefficient (Wildman–Crippen LogP) is 2.91. The van der Waals surface area contributed by atoms with Gasteiger partial charge in [0.15, 0.2) is 0 Å². The summed E-state index contributed by atoms with van der Waals surface area (Å²) in [5, 5.41) is 27.0. The summed E-state index contributed by atoms with van der Waals surface area (Å²) in [5.74, 6) is -2.96. The number of aromatic carboxylic acids is 1. The highest BCUT2D eigenvalue weighted by Gasteiger charge is 2.34. The predicted molar refractivity (Wildman–Crippen MR) is 90.5 cm³/mol. The molecule has 1 atom stereocenters. The highest BCUT2D eigenvalue weighted by atomic mass is 16.4. The average molecular weight is 343 g/mol. The first-order valence-electron chi connectivity index (χ1n) is 7.39. The lowest BCUT2D eigenvalue weighted by molar-refractivity contribution is -0.145. The Morgan fingerprint density at radius 2 is 1.76 bits per heavy atom. The Hall–Kier alpha value is -3.35. The Kier molecular flexibility index (Phi) is 5.07. The fraction of sp³-hybridized carbons (Fsp3) is 0.167. The Morgan fingerprint density at radius 1 is 1.08 bits per heavy atom. The van der Waals surface area contributed by atoms with Gasteiger partial charge in [-0.15, -0.1) is 0 Å². The largest absolute Gasteiger partial charge is 0.481 e. The number of carbonyl (C=O) groups is 3. The zero-order chi connectivity index (χ0) is 18.6. The molecule has 0 bridgehead atoms. The maximum absolute atomic E-state index is 10.8. The van der Waals surface area contributed by atoms with Gasteiger partial charge in [0.1, 0.15) is 0 Å². The van der Waals surface area contributed by atoms with E-state index in [2.05, 4.69) is 4.98 Å². The lowest BCUT2D eigenvalue weighted by Crippen LogP contribution is -2.28. The van der Waals surface area contributed by atoms with Crippen LogP contribution in [-0.4, -0.2) is 38.2 Å². The number of fused-ring (bicyclic) bond motifs is 1. The van der Waals surface area contributed by atoms with Crippen LogP contribution in [0.2, 0.25) is 0 Å². The van der Waals surface area contributed by atoms with Gasteiger partial charge in [0.05, 0.1) is 11.0 Å². The maximum Gasteiger partial charge on any atom is 0.337 e. The zero-order valence-electron chi connectivity index (χ0n) is 13.4. The summed E-state index contributed by atoms with van der Waals surface area (Å²) in [6, 6.07) is 7.32. The van der Waals surface area contributed by atoms with Crippen LogP contribution in [0.25, 0.3) is 10.9 Å². The van der Waals surface area contributed by atoms with Gasteiger partial charge >= 0.3 is 17.9 Å². The van der Waals surface area contributed by atoms with E-state index in [0.29, 0.717) is 5.56 Å². The van der Waals surface area contributed by atoms with Gasteiger partial charge in [0, 0.05) is 22.7 Å². The van der Waals surface area contributed by atoms with Crippen LogP contribution in [0, 0.1) is 5.41 Å². The van der Waals surface area contributed by atoms with Gasteiger partial charge in [-0.1, -0.05) is 36.4 Å². The smallest absolute Gasteiger partial charge is 0.337 e. The third-order valence-corrected chi connectivity index (χ3v) is 3.90. The molecule has 4 N–H and O–H groups in total. The number of aromatic amines is 1. The van der Waals surface area contributed by atoms with Crippen LogP contribution >= 0.6 is 0 Å². The molecule has 1 heterocycles. The van der Waals surface area contributed by atoms with E-state index in [0.717, 1.165) is 10.9 Å². The molecule has 7 nitrogen and oxygen atoms in total. The molecule has 0 aliphatic heterocycles. The van der Waals surface area contributed by atoms with E-state index in [1.165, 1.54) is 31.3 Å². The summed E-state index contributed by atoms with van der Waals surface area (Å²) in [6.45, 7) is 1.50. The molecule has 130 valence electrons. The minimum Gasteiger partial charge on any atom is -0.481 e. The van der Waals surface area contributed by atoms with E-state index in [4.69, 9.17) is 15.3 Å². The molecular weight excluding hydrogens is 326 g/mol. The number of hydrogen-bond donors (Lipinski definition) is 4. The minimum atomic E-state index is -1.08. The molecule has 0 spiro atoms. The van der Waals surface area contributed by atoms with Crippen LogP contribution in [0.1, 0.15) is 23.7 Å². The van der Waals surface area contributed by atoms with Crippen molar-refractivity contribution in [1.82, 2.24) is 4.98 Å². The van der Waals surface area contributed by atoms with Crippen LogP contribution in [0.5, 0.6) is 0 Å². The molecule has 2 aromatic rings. The number of hydrogen-bond acceptors (Lipinski definition) is 3. The van der Waals surface area contributed by atoms with Gasteiger partial charge in [-0.05, 0) is 19.4 Å². The third kappa shape index (κ3) is 3.95. The number of rotatable bonds is 3. The molecule has 25 heavy (non-hydrogen) atoms. The molecule has 0 radical (unpaired) electrons. The normalized spacial score (nSPS) is 18.8. The minimum absolute atomic E-state index is 0.0359. The van der Waals surface area contributed by atoms with Crippen molar-refractivity contribution in [3.05, 3.63) is 59.8 Å². The second kappa shape index (κ2) is 7.04. The van der Waals surface area contributed by atoms with Crippen molar-refractivity contribution in [1.29, 1.82) is 0 Å². The van der Waals surface area contributed by atoms with Crippen molar-refractivity contribution in [3.63, 3.8) is 0 Å². The first-order chi connectivity index (χ1) is 11.7. The molecule has 1 aromatic heterocycles. The summed E-state index contributed by atoms with van der Waals surface area (Å²) in [6.07, 6.45) is 5.94. The monoisotopic (exact) mass is 343 g/mol. The summed E-state index contributed by atoms with van der Waals surface area (Å²) < 4.78 is 0. The van der Waals surface area contributed by atoms with Gasteiger partial charge in [-0.3, -0.25) is 4.79 Å². The number of H-pyrrole nitrogens is 1. The number of nitrogens with one attached hydrogen (secondary N) is 1. The van der Waals surface area contributed by atoms with E-state index >= 15 is 0 Å². The molecular formula is C18H17NO6. The number of benzene rings is 1. The van der Waals surface area contributed by atoms with E-state index in [-0.39, 0.29) is 12.0 Å². The number of carboxylic acids is 3. The topological polar surface area (TPSA) is 128 Å². The van der Waals surface area contributed by atoms with E-state index in [1.54, 1.807) is 6.07 Å². The van der Waals surface area contributed by atoms with Crippen molar-refractivity contribution in [2.24, 2.45) is 5.41 Å². The second-order valence-corrected chi connectivity index (χ2v) is 5.81.